The molecule has 5 aliphatic rings. The van der Waals surface area contributed by atoms with Gasteiger partial charge in [-0.15, -0.1) is 0 Å². The van der Waals surface area contributed by atoms with Crippen molar-refractivity contribution in [2.45, 2.75) is 101 Å². The molecule has 8 nitrogen and oxygen atoms in total. The van der Waals surface area contributed by atoms with E-state index in [4.69, 9.17) is 9.47 Å². The van der Waals surface area contributed by atoms with E-state index in [9.17, 15) is 9.59 Å². The van der Waals surface area contributed by atoms with Gasteiger partial charge in [0.25, 0.3) is 0 Å². The second-order valence-corrected chi connectivity index (χ2v) is 13.4. The van der Waals surface area contributed by atoms with E-state index in [2.05, 4.69) is 85.4 Å². The zero-order valence-corrected chi connectivity index (χ0v) is 23.8. The van der Waals surface area contributed by atoms with Crippen LogP contribution in [-0.2, 0) is 31.9 Å². The van der Waals surface area contributed by atoms with Gasteiger partial charge in [-0.05, 0) is 74.9 Å². The fourth-order valence-electron chi connectivity index (χ4n) is 6.83. The van der Waals surface area contributed by atoms with Gasteiger partial charge in [0.05, 0.1) is 23.4 Å². The Morgan fingerprint density at radius 3 is 1.48 bits per heavy atom. The minimum absolute atomic E-state index is 0.0242. The van der Waals surface area contributed by atoms with E-state index in [0.29, 0.717) is 12.8 Å². The molecule has 0 spiro atoms. The van der Waals surface area contributed by atoms with E-state index in [0.717, 1.165) is 37.3 Å². The Kier molecular flexibility index (Phi) is 5.95. The molecular formula is C32H40N4O4. The summed E-state index contributed by atoms with van der Waals surface area (Å²) >= 11 is 0. The third kappa shape index (κ3) is 4.85. The lowest BCUT2D eigenvalue weighted by Crippen LogP contribution is -2.62. The molecule has 0 saturated carbocycles. The van der Waals surface area contributed by atoms with Crippen LogP contribution in [0.5, 0.6) is 0 Å². The molecule has 4 N–H and O–H groups in total. The van der Waals surface area contributed by atoms with E-state index >= 15 is 0 Å². The number of carbonyl (C=O) groups is 2. The molecule has 212 valence electrons. The van der Waals surface area contributed by atoms with Crippen LogP contribution in [0.4, 0.5) is 11.4 Å². The molecule has 8 heteroatoms. The summed E-state index contributed by atoms with van der Waals surface area (Å²) in [6.07, 6.45) is 3.53. The van der Waals surface area contributed by atoms with Crippen molar-refractivity contribution in [3.8, 4) is 0 Å². The SMILES string of the molecule is CC1(C)OC1Cc1ccc2c(c1)NCC2CC1NC(=O)C(CC2CNc3cc(CC4OC4(C)C)ccc32)NC1=O. The fraction of sp³-hybridized carbons (Fsp3) is 0.562. The molecule has 6 atom stereocenters. The first-order valence-corrected chi connectivity index (χ1v) is 14.8. The number of rotatable bonds is 8. The van der Waals surface area contributed by atoms with Crippen LogP contribution in [0.3, 0.4) is 0 Å². The number of piperazine rings is 1. The number of epoxide rings is 2. The van der Waals surface area contributed by atoms with Gasteiger partial charge < -0.3 is 30.7 Å². The number of amides is 2. The van der Waals surface area contributed by atoms with E-state index in [1.165, 1.54) is 22.3 Å². The number of benzene rings is 2. The minimum atomic E-state index is -0.521. The first-order valence-electron chi connectivity index (χ1n) is 14.8. The molecule has 0 aliphatic carbocycles. The van der Waals surface area contributed by atoms with E-state index in [-0.39, 0.29) is 47.1 Å². The normalized spacial score (nSPS) is 32.3. The van der Waals surface area contributed by atoms with Crippen molar-refractivity contribution in [3.05, 3.63) is 58.7 Å². The monoisotopic (exact) mass is 544 g/mol. The van der Waals surface area contributed by atoms with Crippen LogP contribution in [0, 0.1) is 0 Å². The van der Waals surface area contributed by atoms with Gasteiger partial charge in [0.2, 0.25) is 11.8 Å². The summed E-state index contributed by atoms with van der Waals surface area (Å²) in [6.45, 7) is 10.0. The van der Waals surface area contributed by atoms with E-state index in [1.54, 1.807) is 0 Å². The molecule has 6 unspecified atom stereocenters. The van der Waals surface area contributed by atoms with Gasteiger partial charge in [0.15, 0.2) is 0 Å². The van der Waals surface area contributed by atoms with Crippen molar-refractivity contribution in [2.24, 2.45) is 0 Å². The van der Waals surface area contributed by atoms with Gasteiger partial charge in [0.1, 0.15) is 12.1 Å². The Morgan fingerprint density at radius 2 is 1.10 bits per heavy atom. The number of anilines is 2. The first kappa shape index (κ1) is 25.8. The molecule has 0 radical (unpaired) electrons. The Morgan fingerprint density at radius 1 is 0.700 bits per heavy atom. The number of ether oxygens (including phenoxy) is 2. The molecule has 2 aromatic carbocycles. The van der Waals surface area contributed by atoms with Gasteiger partial charge in [-0.3, -0.25) is 9.59 Å². The standard InChI is InChI=1S/C32H40N4O4/c1-31(2)27(39-31)11-17-5-7-21-19(15-33-23(21)9-17)13-25-29(37)36-26(30(38)35-25)14-20-16-34-24-10-18(6-8-22(20)24)12-28-32(3,4)40-28/h5-10,19-20,25-28,33-34H,11-16H2,1-4H3,(H,35,38)(H,36,37). The molecule has 5 aliphatic heterocycles. The lowest BCUT2D eigenvalue weighted by molar-refractivity contribution is -0.137. The highest BCUT2D eigenvalue weighted by molar-refractivity contribution is 5.97. The highest BCUT2D eigenvalue weighted by Gasteiger charge is 2.48. The van der Waals surface area contributed by atoms with Gasteiger partial charge >= 0.3 is 0 Å². The summed E-state index contributed by atoms with van der Waals surface area (Å²) in [4.78, 5) is 26.3. The third-order valence-corrected chi connectivity index (χ3v) is 9.67. The topological polar surface area (TPSA) is 107 Å². The summed E-state index contributed by atoms with van der Waals surface area (Å²) in [6, 6.07) is 12.1. The summed E-state index contributed by atoms with van der Waals surface area (Å²) in [5.74, 6) is 0.182. The molecule has 5 heterocycles. The maximum atomic E-state index is 13.1. The minimum Gasteiger partial charge on any atom is -0.384 e. The van der Waals surface area contributed by atoms with Crippen LogP contribution in [0.1, 0.15) is 74.6 Å². The molecule has 0 bridgehead atoms. The van der Waals surface area contributed by atoms with Gasteiger partial charge in [-0.2, -0.15) is 0 Å². The Hall–Kier alpha value is -3.10. The second-order valence-electron chi connectivity index (χ2n) is 13.4. The molecular weight excluding hydrogens is 504 g/mol. The van der Waals surface area contributed by atoms with Crippen molar-refractivity contribution in [2.75, 3.05) is 23.7 Å². The third-order valence-electron chi connectivity index (χ3n) is 9.67. The highest BCUT2D eigenvalue weighted by atomic mass is 16.6. The number of hydrogen-bond acceptors (Lipinski definition) is 6. The quantitative estimate of drug-likeness (QED) is 0.379. The Balaban J connectivity index is 0.946. The van der Waals surface area contributed by atoms with Crippen LogP contribution < -0.4 is 21.3 Å². The summed E-state index contributed by atoms with van der Waals surface area (Å²) in [5.41, 5.74) is 7.16. The Bertz CT molecular complexity index is 1270. The van der Waals surface area contributed by atoms with E-state index < -0.39 is 12.1 Å². The molecule has 2 aromatic rings. The predicted octanol–water partition coefficient (Wildman–Crippen LogP) is 3.61. The van der Waals surface area contributed by atoms with Crippen LogP contribution >= 0.6 is 0 Å². The van der Waals surface area contributed by atoms with Crippen molar-refractivity contribution in [3.63, 3.8) is 0 Å². The van der Waals surface area contributed by atoms with Crippen molar-refractivity contribution < 1.29 is 19.1 Å². The summed E-state index contributed by atoms with van der Waals surface area (Å²) in [7, 11) is 0. The number of nitrogens with one attached hydrogen (secondary N) is 4. The van der Waals surface area contributed by atoms with Crippen molar-refractivity contribution >= 4 is 23.2 Å². The maximum absolute atomic E-state index is 13.1. The molecule has 3 fully saturated rings. The average molecular weight is 545 g/mol. The largest absolute Gasteiger partial charge is 0.384 e. The fourth-order valence-corrected chi connectivity index (χ4v) is 6.83. The molecule has 40 heavy (non-hydrogen) atoms. The van der Waals surface area contributed by atoms with Crippen molar-refractivity contribution in [1.82, 2.24) is 10.6 Å². The average Bonchev–Trinajstić information content (AvgIpc) is 3.50. The van der Waals surface area contributed by atoms with Gasteiger partial charge in [-0.1, -0.05) is 24.3 Å². The van der Waals surface area contributed by atoms with Gasteiger partial charge in [0, 0.05) is 49.1 Å². The van der Waals surface area contributed by atoms with Crippen LogP contribution in [0.25, 0.3) is 0 Å². The molecule has 0 aromatic heterocycles. The van der Waals surface area contributed by atoms with Crippen LogP contribution in [0.2, 0.25) is 0 Å². The number of hydrogen-bond donors (Lipinski definition) is 4. The predicted molar refractivity (Wildman–Crippen MR) is 154 cm³/mol. The zero-order chi connectivity index (χ0) is 27.8. The molecule has 2 amide bonds. The van der Waals surface area contributed by atoms with Crippen molar-refractivity contribution in [1.29, 1.82) is 0 Å². The highest BCUT2D eigenvalue weighted by Crippen LogP contribution is 2.42. The first-order chi connectivity index (χ1) is 19.1. The number of fused-ring (bicyclic) bond motifs is 2. The van der Waals surface area contributed by atoms with Crippen LogP contribution in [-0.4, -0.2) is 60.4 Å². The summed E-state index contributed by atoms with van der Waals surface area (Å²) < 4.78 is 11.5. The number of carbonyl (C=O) groups excluding carboxylic acids is 2. The Labute approximate surface area is 236 Å². The maximum Gasteiger partial charge on any atom is 0.243 e. The second kappa shape index (κ2) is 9.21. The van der Waals surface area contributed by atoms with Crippen LogP contribution in [0.15, 0.2) is 36.4 Å². The molecule has 3 saturated heterocycles. The lowest BCUT2D eigenvalue weighted by atomic mass is 9.89. The van der Waals surface area contributed by atoms with E-state index in [1.807, 2.05) is 0 Å². The smallest absolute Gasteiger partial charge is 0.243 e. The lowest BCUT2D eigenvalue weighted by Gasteiger charge is -2.32. The van der Waals surface area contributed by atoms with Gasteiger partial charge in [-0.25, -0.2) is 0 Å². The summed E-state index contributed by atoms with van der Waals surface area (Å²) in [5, 5.41) is 13.1. The molecule has 7 rings (SSSR count). The zero-order valence-electron chi connectivity index (χ0n) is 23.8.